The third-order valence-electron chi connectivity index (χ3n) is 5.04. The van der Waals surface area contributed by atoms with Crippen molar-refractivity contribution in [3.8, 4) is 5.69 Å². The van der Waals surface area contributed by atoms with E-state index in [-0.39, 0.29) is 6.03 Å². The summed E-state index contributed by atoms with van der Waals surface area (Å²) >= 11 is 0. The Labute approximate surface area is 146 Å². The fraction of sp³-hybridized carbons (Fsp3) is 0.529. The van der Waals surface area contributed by atoms with E-state index in [1.807, 2.05) is 29.2 Å². The van der Waals surface area contributed by atoms with Crippen LogP contribution in [-0.2, 0) is 0 Å². The third-order valence-corrected chi connectivity index (χ3v) is 5.04. The highest BCUT2D eigenvalue weighted by molar-refractivity contribution is 5.89. The molecule has 0 bridgehead atoms. The predicted octanol–water partition coefficient (Wildman–Crippen LogP) is 1.75. The quantitative estimate of drug-likeness (QED) is 0.916. The lowest BCUT2D eigenvalue weighted by atomic mass is 10.2. The van der Waals surface area contributed by atoms with Crippen molar-refractivity contribution in [3.05, 3.63) is 30.6 Å². The van der Waals surface area contributed by atoms with Crippen molar-refractivity contribution < 1.29 is 4.79 Å². The summed E-state index contributed by atoms with van der Waals surface area (Å²) in [6.45, 7) is 4.19. The number of likely N-dealkylation sites (tertiary alicyclic amines) is 2. The van der Waals surface area contributed by atoms with E-state index in [0.717, 1.165) is 37.3 Å². The Morgan fingerprint density at radius 1 is 1.12 bits per heavy atom. The summed E-state index contributed by atoms with van der Waals surface area (Å²) in [4.78, 5) is 17.1. The molecule has 2 aliphatic rings. The lowest BCUT2D eigenvalue weighted by Crippen LogP contribution is -2.44. The van der Waals surface area contributed by atoms with Gasteiger partial charge in [-0.3, -0.25) is 0 Å². The van der Waals surface area contributed by atoms with Gasteiger partial charge >= 0.3 is 6.03 Å². The zero-order chi connectivity index (χ0) is 17.1. The van der Waals surface area contributed by atoms with E-state index in [2.05, 4.69) is 25.7 Å². The number of carbonyl (C=O) groups is 1. The van der Waals surface area contributed by atoms with Gasteiger partial charge in [0.2, 0.25) is 0 Å². The third kappa shape index (κ3) is 3.63. The minimum Gasteiger partial charge on any atom is -0.320 e. The smallest absolute Gasteiger partial charge is 0.320 e. The van der Waals surface area contributed by atoms with Crippen molar-refractivity contribution in [2.24, 2.45) is 0 Å². The van der Waals surface area contributed by atoms with Crippen LogP contribution in [0.3, 0.4) is 0 Å². The summed E-state index contributed by atoms with van der Waals surface area (Å²) in [5, 5.41) is 14.1. The Bertz CT molecular complexity index is 694. The van der Waals surface area contributed by atoms with Crippen LogP contribution in [0.2, 0.25) is 0 Å². The van der Waals surface area contributed by atoms with Crippen molar-refractivity contribution in [2.75, 3.05) is 31.5 Å². The van der Waals surface area contributed by atoms with Gasteiger partial charge < -0.3 is 15.1 Å². The summed E-state index contributed by atoms with van der Waals surface area (Å²) < 4.78 is 1.58. The molecule has 3 heterocycles. The molecule has 8 heteroatoms. The predicted molar refractivity (Wildman–Crippen MR) is 93.6 cm³/mol. The molecule has 2 amide bonds. The van der Waals surface area contributed by atoms with Crippen molar-refractivity contribution in [1.82, 2.24) is 30.0 Å². The van der Waals surface area contributed by atoms with Crippen LogP contribution >= 0.6 is 0 Å². The Balaban J connectivity index is 1.37. The summed E-state index contributed by atoms with van der Waals surface area (Å²) in [6, 6.07) is 7.85. The van der Waals surface area contributed by atoms with Gasteiger partial charge in [0.15, 0.2) is 0 Å². The van der Waals surface area contributed by atoms with Crippen molar-refractivity contribution in [2.45, 2.75) is 31.7 Å². The van der Waals surface area contributed by atoms with Gasteiger partial charge in [-0.05, 0) is 73.5 Å². The second-order valence-corrected chi connectivity index (χ2v) is 6.73. The summed E-state index contributed by atoms with van der Waals surface area (Å²) in [5.41, 5.74) is 1.64. The minimum absolute atomic E-state index is 0.00290. The molecule has 0 unspecified atom stereocenters. The average Bonchev–Trinajstić information content (AvgIpc) is 3.39. The van der Waals surface area contributed by atoms with Gasteiger partial charge in [-0.2, -0.15) is 0 Å². The van der Waals surface area contributed by atoms with Crippen LogP contribution in [0.25, 0.3) is 5.69 Å². The Morgan fingerprint density at radius 2 is 1.92 bits per heavy atom. The topological polar surface area (TPSA) is 79.2 Å². The molecule has 8 nitrogen and oxygen atoms in total. The number of nitrogens with one attached hydrogen (secondary N) is 1. The highest BCUT2D eigenvalue weighted by Crippen LogP contribution is 2.22. The lowest BCUT2D eigenvalue weighted by molar-refractivity contribution is 0.186. The van der Waals surface area contributed by atoms with Crippen molar-refractivity contribution in [3.63, 3.8) is 0 Å². The number of nitrogens with zero attached hydrogens (tertiary/aromatic N) is 6. The molecule has 1 N–H and O–H groups in total. The molecule has 0 radical (unpaired) electrons. The van der Waals surface area contributed by atoms with E-state index in [9.17, 15) is 4.79 Å². The van der Waals surface area contributed by atoms with Crippen LogP contribution < -0.4 is 5.32 Å². The van der Waals surface area contributed by atoms with E-state index < -0.39 is 0 Å². The molecule has 132 valence electrons. The maximum absolute atomic E-state index is 12.7. The zero-order valence-electron chi connectivity index (χ0n) is 14.2. The van der Waals surface area contributed by atoms with Crippen LogP contribution in [0.4, 0.5) is 10.5 Å². The molecule has 1 aromatic carbocycles. The van der Waals surface area contributed by atoms with Gasteiger partial charge in [0.25, 0.3) is 0 Å². The van der Waals surface area contributed by atoms with Crippen LogP contribution in [-0.4, -0.2) is 68.3 Å². The number of benzene rings is 1. The first kappa shape index (κ1) is 16.0. The molecule has 0 saturated carbocycles. The highest BCUT2D eigenvalue weighted by atomic mass is 16.2. The van der Waals surface area contributed by atoms with Crippen molar-refractivity contribution >= 4 is 11.7 Å². The van der Waals surface area contributed by atoms with Crippen molar-refractivity contribution in [1.29, 1.82) is 0 Å². The maximum Gasteiger partial charge on any atom is 0.322 e. The van der Waals surface area contributed by atoms with Gasteiger partial charge in [0.1, 0.15) is 6.33 Å². The van der Waals surface area contributed by atoms with Crippen LogP contribution in [0.5, 0.6) is 0 Å². The number of anilines is 1. The number of hydrogen-bond donors (Lipinski definition) is 1. The number of tetrazole rings is 1. The minimum atomic E-state index is -0.00290. The number of aromatic nitrogens is 4. The first-order valence-electron chi connectivity index (χ1n) is 8.93. The maximum atomic E-state index is 12.7. The molecule has 4 rings (SSSR count). The SMILES string of the molecule is O=C(Nc1ccc(-n2cnnn2)cc1)N1CCC[C@@H]1CN1CCCC1. The number of amides is 2. The zero-order valence-corrected chi connectivity index (χ0v) is 14.2. The highest BCUT2D eigenvalue weighted by Gasteiger charge is 2.30. The number of hydrogen-bond acceptors (Lipinski definition) is 5. The molecule has 25 heavy (non-hydrogen) atoms. The molecule has 2 aliphatic heterocycles. The first-order chi connectivity index (χ1) is 12.3. The molecule has 1 atom stereocenters. The molecule has 2 saturated heterocycles. The average molecular weight is 341 g/mol. The molecule has 2 aromatic rings. The normalized spacial score (nSPS) is 21.0. The van der Waals surface area contributed by atoms with Gasteiger partial charge in [0, 0.05) is 24.8 Å². The summed E-state index contributed by atoms with van der Waals surface area (Å²) in [6.07, 6.45) is 6.30. The van der Waals surface area contributed by atoms with E-state index in [4.69, 9.17) is 0 Å². The largest absolute Gasteiger partial charge is 0.322 e. The first-order valence-corrected chi connectivity index (χ1v) is 8.93. The van der Waals surface area contributed by atoms with Gasteiger partial charge in [-0.1, -0.05) is 0 Å². The van der Waals surface area contributed by atoms with E-state index in [1.165, 1.54) is 25.9 Å². The second-order valence-electron chi connectivity index (χ2n) is 6.73. The Kier molecular flexibility index (Phi) is 4.60. The molecule has 2 fully saturated rings. The second kappa shape index (κ2) is 7.18. The van der Waals surface area contributed by atoms with Crippen LogP contribution in [0, 0.1) is 0 Å². The summed E-state index contributed by atoms with van der Waals surface area (Å²) in [7, 11) is 0. The molecular formula is C17H23N7O. The molecule has 0 aliphatic carbocycles. The molecule has 0 spiro atoms. The van der Waals surface area contributed by atoms with Gasteiger partial charge in [0.05, 0.1) is 5.69 Å². The molecule has 1 aromatic heterocycles. The van der Waals surface area contributed by atoms with E-state index in [1.54, 1.807) is 11.0 Å². The monoisotopic (exact) mass is 341 g/mol. The van der Waals surface area contributed by atoms with E-state index >= 15 is 0 Å². The fourth-order valence-electron chi connectivity index (χ4n) is 3.73. The van der Waals surface area contributed by atoms with Gasteiger partial charge in [-0.25, -0.2) is 9.48 Å². The number of urea groups is 1. The lowest BCUT2D eigenvalue weighted by Gasteiger charge is -2.28. The van der Waals surface area contributed by atoms with Gasteiger partial charge in [-0.15, -0.1) is 5.10 Å². The Morgan fingerprint density at radius 3 is 2.64 bits per heavy atom. The molecular weight excluding hydrogens is 318 g/mol. The number of carbonyl (C=O) groups excluding carboxylic acids is 1. The Hall–Kier alpha value is -2.48. The fourth-order valence-corrected chi connectivity index (χ4v) is 3.73. The van der Waals surface area contributed by atoms with Crippen LogP contribution in [0.1, 0.15) is 25.7 Å². The number of rotatable bonds is 4. The van der Waals surface area contributed by atoms with E-state index in [0.29, 0.717) is 6.04 Å². The standard InChI is InChI=1S/C17H23N7O/c25-17(23-11-3-4-16(23)12-22-9-1-2-10-22)19-14-5-7-15(8-6-14)24-13-18-20-21-24/h5-8,13,16H,1-4,9-12H2,(H,19,25)/t16-/m1/s1. The van der Waals surface area contributed by atoms with Crippen LogP contribution in [0.15, 0.2) is 30.6 Å². The summed E-state index contributed by atoms with van der Waals surface area (Å²) in [5.74, 6) is 0.